The van der Waals surface area contributed by atoms with Crippen molar-refractivity contribution in [2.75, 3.05) is 46.2 Å². The van der Waals surface area contributed by atoms with Crippen LogP contribution in [-0.2, 0) is 13.1 Å². The molecule has 206 valence electrons. The van der Waals surface area contributed by atoms with Gasteiger partial charge in [-0.25, -0.2) is 0 Å². The van der Waals surface area contributed by atoms with Crippen LogP contribution in [0.3, 0.4) is 0 Å². The number of para-hydroxylation sites is 1. The first-order chi connectivity index (χ1) is 19.3. The Hall–Kier alpha value is -4.36. The van der Waals surface area contributed by atoms with Gasteiger partial charge in [-0.3, -0.25) is 9.59 Å². The second kappa shape index (κ2) is 11.4. The Labute approximate surface area is 236 Å². The summed E-state index contributed by atoms with van der Waals surface area (Å²) in [5, 5.41) is 0. The number of ether oxygens (including phenoxy) is 1. The lowest BCUT2D eigenvalue weighted by molar-refractivity contribution is 0.0775. The molecule has 3 aromatic carbocycles. The Balaban J connectivity index is 1.50. The highest BCUT2D eigenvalue weighted by Gasteiger charge is 2.28. The average molecular weight is 537 g/mol. The predicted octanol–water partition coefficient (Wildman–Crippen LogP) is 5.31. The highest BCUT2D eigenvalue weighted by Crippen LogP contribution is 2.35. The molecular formula is C33H36N4O3. The number of likely N-dealkylation sites (N-methyl/N-ethyl adjacent to an activating group) is 2. The number of anilines is 1. The molecule has 0 atom stereocenters. The van der Waals surface area contributed by atoms with Crippen LogP contribution in [0.4, 0.5) is 5.69 Å². The summed E-state index contributed by atoms with van der Waals surface area (Å²) < 4.78 is 7.79. The number of aromatic nitrogens is 1. The predicted molar refractivity (Wildman–Crippen MR) is 159 cm³/mol. The summed E-state index contributed by atoms with van der Waals surface area (Å²) in [6.45, 7) is 4.35. The van der Waals surface area contributed by atoms with Crippen molar-refractivity contribution in [3.05, 3.63) is 107 Å². The summed E-state index contributed by atoms with van der Waals surface area (Å²) in [6.07, 6.45) is 0. The average Bonchev–Trinajstić information content (AvgIpc) is 3.27. The topological polar surface area (TPSA) is 58.0 Å². The second-order valence-electron chi connectivity index (χ2n) is 10.6. The van der Waals surface area contributed by atoms with E-state index < -0.39 is 0 Å². The first-order valence-electron chi connectivity index (χ1n) is 13.5. The van der Waals surface area contributed by atoms with E-state index in [1.807, 2.05) is 92.4 Å². The zero-order valence-corrected chi connectivity index (χ0v) is 23.8. The first kappa shape index (κ1) is 27.2. The maximum Gasteiger partial charge on any atom is 0.270 e. The molecule has 5 rings (SSSR count). The molecule has 4 aromatic rings. The van der Waals surface area contributed by atoms with Gasteiger partial charge in [0, 0.05) is 42.6 Å². The van der Waals surface area contributed by atoms with Gasteiger partial charge in [-0.1, -0.05) is 42.5 Å². The van der Waals surface area contributed by atoms with Crippen molar-refractivity contribution in [1.82, 2.24) is 14.4 Å². The minimum absolute atomic E-state index is 0.0260. The van der Waals surface area contributed by atoms with Gasteiger partial charge >= 0.3 is 0 Å². The van der Waals surface area contributed by atoms with Gasteiger partial charge in [0.05, 0.1) is 20.2 Å². The largest absolute Gasteiger partial charge is 0.496 e. The molecule has 0 aliphatic carbocycles. The van der Waals surface area contributed by atoms with E-state index >= 15 is 0 Å². The second-order valence-corrected chi connectivity index (χ2v) is 10.6. The molecule has 0 radical (unpaired) electrons. The molecule has 7 heteroatoms. The number of benzene rings is 3. The van der Waals surface area contributed by atoms with Gasteiger partial charge in [0.1, 0.15) is 11.4 Å². The number of methoxy groups -OCH3 is 1. The van der Waals surface area contributed by atoms with Crippen LogP contribution in [0.25, 0.3) is 11.1 Å². The molecular weight excluding hydrogens is 500 g/mol. The van der Waals surface area contributed by atoms with Crippen molar-refractivity contribution in [1.29, 1.82) is 0 Å². The fourth-order valence-electron chi connectivity index (χ4n) is 5.25. The van der Waals surface area contributed by atoms with Crippen molar-refractivity contribution in [2.45, 2.75) is 20.0 Å². The highest BCUT2D eigenvalue weighted by atomic mass is 16.5. The highest BCUT2D eigenvalue weighted by molar-refractivity contribution is 6.07. The molecule has 0 spiro atoms. The number of hydrogen-bond acceptors (Lipinski definition) is 4. The van der Waals surface area contributed by atoms with Crippen LogP contribution in [0, 0.1) is 6.92 Å². The number of carbonyl (C=O) groups is 2. The van der Waals surface area contributed by atoms with Crippen molar-refractivity contribution >= 4 is 17.5 Å². The third-order valence-corrected chi connectivity index (χ3v) is 7.58. The number of nitrogens with zero attached hydrogens (tertiary/aromatic N) is 4. The van der Waals surface area contributed by atoms with Gasteiger partial charge < -0.3 is 24.0 Å². The van der Waals surface area contributed by atoms with E-state index in [2.05, 4.69) is 24.0 Å². The van der Waals surface area contributed by atoms with Gasteiger partial charge in [0.25, 0.3) is 11.8 Å². The fraction of sp³-hybridized carbons (Fsp3) is 0.273. The van der Waals surface area contributed by atoms with Crippen LogP contribution >= 0.6 is 0 Å². The zero-order valence-electron chi connectivity index (χ0n) is 23.8. The number of rotatable bonds is 7. The number of carbonyl (C=O) groups excluding carboxylic acids is 2. The van der Waals surface area contributed by atoms with E-state index in [0.717, 1.165) is 40.2 Å². The van der Waals surface area contributed by atoms with Crippen LogP contribution in [0.2, 0.25) is 0 Å². The Morgan fingerprint density at radius 3 is 2.35 bits per heavy atom. The van der Waals surface area contributed by atoms with Crippen molar-refractivity contribution < 1.29 is 14.3 Å². The molecule has 0 unspecified atom stereocenters. The van der Waals surface area contributed by atoms with Gasteiger partial charge in [-0.2, -0.15) is 0 Å². The normalized spacial score (nSPS) is 12.5. The number of fused-ring (bicyclic) bond motifs is 2. The Morgan fingerprint density at radius 2 is 1.60 bits per heavy atom. The van der Waals surface area contributed by atoms with Crippen LogP contribution < -0.4 is 9.64 Å². The van der Waals surface area contributed by atoms with Crippen LogP contribution in [0.15, 0.2) is 78.9 Å². The molecule has 0 saturated heterocycles. The standard InChI is InChI=1S/C33H36N4O3/c1-23-10-6-8-12-27(23)28-16-14-24(20-31(28)40-5)32(38)37-22-26-15-17-30(33(39)35(4)19-18-34(2)3)36(26)21-25-11-7-9-13-29(25)37/h6-17,20H,18-19,21-22H2,1-5H3. The van der Waals surface area contributed by atoms with Crippen molar-refractivity contribution in [3.8, 4) is 16.9 Å². The van der Waals surface area contributed by atoms with E-state index in [1.54, 1.807) is 16.9 Å². The van der Waals surface area contributed by atoms with Crippen molar-refractivity contribution in [2.24, 2.45) is 0 Å². The third-order valence-electron chi connectivity index (χ3n) is 7.58. The minimum atomic E-state index is -0.118. The SMILES string of the molecule is COc1cc(C(=O)N2Cc3ccc(C(=O)N(C)CCN(C)C)n3Cc3ccccc32)ccc1-c1ccccc1C. The number of amides is 2. The minimum Gasteiger partial charge on any atom is -0.496 e. The number of hydrogen-bond donors (Lipinski definition) is 0. The maximum absolute atomic E-state index is 14.1. The van der Waals surface area contributed by atoms with Gasteiger partial charge in [0.2, 0.25) is 0 Å². The van der Waals surface area contributed by atoms with Gasteiger partial charge in [-0.05, 0) is 74.1 Å². The molecule has 1 aliphatic heterocycles. The maximum atomic E-state index is 14.1. The molecule has 1 aromatic heterocycles. The molecule has 2 heterocycles. The molecule has 0 saturated carbocycles. The summed E-state index contributed by atoms with van der Waals surface area (Å²) in [5.41, 5.74) is 7.08. The van der Waals surface area contributed by atoms with E-state index in [0.29, 0.717) is 36.6 Å². The summed E-state index contributed by atoms with van der Waals surface area (Å²) in [4.78, 5) is 33.1. The Bertz CT molecular complexity index is 1560. The van der Waals surface area contributed by atoms with Crippen LogP contribution in [-0.4, -0.2) is 67.5 Å². The molecule has 0 bridgehead atoms. The molecule has 1 aliphatic rings. The van der Waals surface area contributed by atoms with Gasteiger partial charge in [-0.15, -0.1) is 0 Å². The molecule has 0 fully saturated rings. The third kappa shape index (κ3) is 5.25. The molecule has 2 amide bonds. The molecule has 0 N–H and O–H groups in total. The summed E-state index contributed by atoms with van der Waals surface area (Å²) in [7, 11) is 7.46. The summed E-state index contributed by atoms with van der Waals surface area (Å²) in [5.74, 6) is 0.509. The molecule has 7 nitrogen and oxygen atoms in total. The van der Waals surface area contributed by atoms with E-state index in [-0.39, 0.29) is 11.8 Å². The number of aryl methyl sites for hydroxylation is 1. The lowest BCUT2D eigenvalue weighted by atomic mass is 9.98. The van der Waals surface area contributed by atoms with Crippen LogP contribution in [0.1, 0.15) is 37.7 Å². The first-order valence-corrected chi connectivity index (χ1v) is 13.5. The molecule has 40 heavy (non-hydrogen) atoms. The monoisotopic (exact) mass is 536 g/mol. The zero-order chi connectivity index (χ0) is 28.4. The Morgan fingerprint density at radius 1 is 0.850 bits per heavy atom. The Kier molecular flexibility index (Phi) is 7.76. The van der Waals surface area contributed by atoms with Crippen molar-refractivity contribution in [3.63, 3.8) is 0 Å². The van der Waals surface area contributed by atoms with E-state index in [4.69, 9.17) is 4.74 Å². The van der Waals surface area contributed by atoms with E-state index in [1.165, 1.54) is 0 Å². The summed E-state index contributed by atoms with van der Waals surface area (Å²) >= 11 is 0. The quantitative estimate of drug-likeness (QED) is 0.321. The smallest absolute Gasteiger partial charge is 0.270 e. The fourth-order valence-corrected chi connectivity index (χ4v) is 5.25. The lowest BCUT2D eigenvalue weighted by Crippen LogP contribution is -2.34. The van der Waals surface area contributed by atoms with Crippen LogP contribution in [0.5, 0.6) is 5.75 Å². The van der Waals surface area contributed by atoms with E-state index in [9.17, 15) is 9.59 Å². The summed E-state index contributed by atoms with van der Waals surface area (Å²) in [6, 6.07) is 25.5. The lowest BCUT2D eigenvalue weighted by Gasteiger charge is -2.23. The van der Waals surface area contributed by atoms with Gasteiger partial charge in [0.15, 0.2) is 0 Å².